The van der Waals surface area contributed by atoms with Gasteiger partial charge in [-0.1, -0.05) is 42.5 Å². The summed E-state index contributed by atoms with van der Waals surface area (Å²) in [7, 11) is 0. The first-order chi connectivity index (χ1) is 16.0. The van der Waals surface area contributed by atoms with Gasteiger partial charge >= 0.3 is 0 Å². The molecule has 2 heterocycles. The van der Waals surface area contributed by atoms with Gasteiger partial charge in [-0.15, -0.1) is 0 Å². The zero-order valence-electron chi connectivity index (χ0n) is 16.7. The van der Waals surface area contributed by atoms with E-state index in [-0.39, 0.29) is 37.7 Å². The van der Waals surface area contributed by atoms with Gasteiger partial charge in [0, 0.05) is 5.56 Å². The van der Waals surface area contributed by atoms with Gasteiger partial charge in [-0.05, 0) is 50.1 Å². The summed E-state index contributed by atoms with van der Waals surface area (Å²) in [4.78, 5) is 30.9. The summed E-state index contributed by atoms with van der Waals surface area (Å²) in [6, 6.07) is 17.7. The molecule has 0 saturated carbocycles. The second kappa shape index (κ2) is 8.42. The van der Waals surface area contributed by atoms with Crippen molar-refractivity contribution in [3.63, 3.8) is 0 Å². The van der Waals surface area contributed by atoms with Crippen LogP contribution in [0.5, 0.6) is 5.75 Å². The smallest absolute Gasteiger partial charge is 0.282 e. The first-order valence-corrected chi connectivity index (χ1v) is 11.3. The number of hydrogen-bond acceptors (Lipinski definition) is 6. The summed E-state index contributed by atoms with van der Waals surface area (Å²) < 4.78 is 7.34. The molecule has 0 unspecified atom stereocenters. The van der Waals surface area contributed by atoms with Crippen LogP contribution in [-0.2, 0) is 0 Å². The number of nitrogens with zero attached hydrogens (tertiary/aromatic N) is 3. The van der Waals surface area contributed by atoms with Gasteiger partial charge < -0.3 is 9.52 Å². The Morgan fingerprint density at radius 1 is 1.00 bits per heavy atom. The minimum atomic E-state index is -0.371. The Morgan fingerprint density at radius 2 is 1.73 bits per heavy atom. The van der Waals surface area contributed by atoms with Gasteiger partial charge in [0.15, 0.2) is 11.4 Å². The molecule has 1 N–H and O–H groups in total. The number of para-hydroxylation sites is 1. The summed E-state index contributed by atoms with van der Waals surface area (Å²) in [6.45, 7) is 0. The molecular weight excluding hydrogens is 554 g/mol. The van der Waals surface area contributed by atoms with Gasteiger partial charge in [0.2, 0.25) is 5.43 Å². The molecule has 0 aliphatic heterocycles. The number of halogens is 2. The molecular formula is C24H13Br2N3O4. The average Bonchev–Trinajstić information content (AvgIpc) is 2.84. The van der Waals surface area contributed by atoms with Crippen molar-refractivity contribution in [1.82, 2.24) is 9.66 Å². The number of rotatable bonds is 3. The summed E-state index contributed by atoms with van der Waals surface area (Å²) >= 11 is 6.46. The largest absolute Gasteiger partial charge is 0.505 e. The maximum atomic E-state index is 13.2. The summed E-state index contributed by atoms with van der Waals surface area (Å²) in [5, 5.41) is 15.0. The van der Waals surface area contributed by atoms with Gasteiger partial charge in [0.1, 0.15) is 16.5 Å². The molecule has 0 aliphatic rings. The van der Waals surface area contributed by atoms with Crippen molar-refractivity contribution in [3.8, 4) is 17.1 Å². The third-order valence-corrected chi connectivity index (χ3v) is 6.40. The van der Waals surface area contributed by atoms with Crippen LogP contribution in [0.4, 0.5) is 0 Å². The molecule has 0 bridgehead atoms. The lowest BCUT2D eigenvalue weighted by atomic mass is 10.2. The Labute approximate surface area is 202 Å². The Kier molecular flexibility index (Phi) is 5.43. The summed E-state index contributed by atoms with van der Waals surface area (Å²) in [6.07, 6.45) is 2.50. The van der Waals surface area contributed by atoms with Crippen molar-refractivity contribution in [3.05, 3.63) is 102 Å². The first kappa shape index (κ1) is 21.3. The lowest BCUT2D eigenvalue weighted by molar-refractivity contribution is 0.467. The zero-order valence-corrected chi connectivity index (χ0v) is 19.9. The zero-order chi connectivity index (χ0) is 23.1. The molecule has 5 rings (SSSR count). The number of aromatic hydroxyl groups is 1. The van der Waals surface area contributed by atoms with Crippen LogP contribution in [0.15, 0.2) is 95.0 Å². The molecule has 0 radical (unpaired) electrons. The molecule has 3 aromatic carbocycles. The Balaban J connectivity index is 1.72. The van der Waals surface area contributed by atoms with E-state index in [1.54, 1.807) is 18.2 Å². The second-order valence-electron chi connectivity index (χ2n) is 7.10. The van der Waals surface area contributed by atoms with E-state index < -0.39 is 0 Å². The molecule has 33 heavy (non-hydrogen) atoms. The van der Waals surface area contributed by atoms with Crippen molar-refractivity contribution in [2.75, 3.05) is 0 Å². The highest BCUT2D eigenvalue weighted by molar-refractivity contribution is 9.11. The number of phenols is 1. The van der Waals surface area contributed by atoms with E-state index in [0.717, 1.165) is 0 Å². The summed E-state index contributed by atoms with van der Waals surface area (Å²) in [5.74, 6) is 0.268. The van der Waals surface area contributed by atoms with E-state index in [1.807, 2.05) is 36.4 Å². The van der Waals surface area contributed by atoms with Gasteiger partial charge in [-0.2, -0.15) is 9.78 Å². The standard InChI is InChI=1S/C24H13Br2N3O4/c25-17-10-16-20(30)14(12-33-22(16)19(26)21(17)31)11-27-29-23(13-6-2-1-3-7-13)28-18-9-5-4-8-15(18)24(29)32/h1-12,31H/b27-11+. The number of benzene rings is 3. The van der Waals surface area contributed by atoms with Crippen molar-refractivity contribution in [2.45, 2.75) is 0 Å². The van der Waals surface area contributed by atoms with E-state index in [0.29, 0.717) is 26.8 Å². The van der Waals surface area contributed by atoms with Gasteiger partial charge in [0.05, 0.1) is 32.5 Å². The number of phenolic OH excluding ortho intramolecular Hbond substituents is 1. The van der Waals surface area contributed by atoms with Crippen molar-refractivity contribution < 1.29 is 9.52 Å². The lowest BCUT2D eigenvalue weighted by Gasteiger charge is -2.09. The van der Waals surface area contributed by atoms with Crippen LogP contribution in [-0.4, -0.2) is 21.0 Å². The van der Waals surface area contributed by atoms with Crippen LogP contribution in [0, 0.1) is 0 Å². The van der Waals surface area contributed by atoms with E-state index in [4.69, 9.17) is 4.42 Å². The van der Waals surface area contributed by atoms with Crippen LogP contribution in [0.1, 0.15) is 5.56 Å². The highest BCUT2D eigenvalue weighted by atomic mass is 79.9. The van der Waals surface area contributed by atoms with Gasteiger partial charge in [-0.25, -0.2) is 4.98 Å². The second-order valence-corrected chi connectivity index (χ2v) is 8.75. The lowest BCUT2D eigenvalue weighted by Crippen LogP contribution is -2.21. The predicted molar refractivity (Wildman–Crippen MR) is 134 cm³/mol. The third kappa shape index (κ3) is 3.69. The van der Waals surface area contributed by atoms with E-state index in [1.165, 1.54) is 23.2 Å². The molecule has 0 spiro atoms. The highest BCUT2D eigenvalue weighted by Crippen LogP contribution is 2.37. The Bertz CT molecular complexity index is 1690. The maximum Gasteiger partial charge on any atom is 0.282 e. The molecule has 0 atom stereocenters. The minimum absolute atomic E-state index is 0.0756. The van der Waals surface area contributed by atoms with Crippen molar-refractivity contribution in [1.29, 1.82) is 0 Å². The minimum Gasteiger partial charge on any atom is -0.505 e. The van der Waals surface area contributed by atoms with E-state index >= 15 is 0 Å². The first-order valence-electron chi connectivity index (χ1n) is 9.70. The fourth-order valence-corrected chi connectivity index (χ4v) is 4.63. The number of fused-ring (bicyclic) bond motifs is 2. The molecule has 7 nitrogen and oxygen atoms in total. The summed E-state index contributed by atoms with van der Waals surface area (Å²) in [5.41, 5.74) is 0.845. The maximum absolute atomic E-state index is 13.2. The molecule has 0 fully saturated rings. The van der Waals surface area contributed by atoms with Gasteiger partial charge in [0.25, 0.3) is 5.56 Å². The normalized spacial score (nSPS) is 11.6. The quantitative estimate of drug-likeness (QED) is 0.299. The number of hydrogen-bond donors (Lipinski definition) is 1. The van der Waals surface area contributed by atoms with Crippen molar-refractivity contribution in [2.24, 2.45) is 5.10 Å². The Hall–Kier alpha value is -3.56. The van der Waals surface area contributed by atoms with Crippen LogP contribution >= 0.6 is 31.9 Å². The van der Waals surface area contributed by atoms with Gasteiger partial charge in [-0.3, -0.25) is 9.59 Å². The van der Waals surface area contributed by atoms with Crippen molar-refractivity contribution >= 4 is 59.9 Å². The molecule has 2 aromatic heterocycles. The SMILES string of the molecule is O=c1c(/C=N/n2c(-c3ccccc3)nc3ccccc3c2=O)coc2c(Br)c(O)c(Br)cc12. The van der Waals surface area contributed by atoms with Crippen LogP contribution in [0.2, 0.25) is 0 Å². The highest BCUT2D eigenvalue weighted by Gasteiger charge is 2.16. The molecule has 9 heteroatoms. The average molecular weight is 567 g/mol. The molecule has 0 amide bonds. The monoisotopic (exact) mass is 565 g/mol. The van der Waals surface area contributed by atoms with Crippen LogP contribution < -0.4 is 11.0 Å². The predicted octanol–water partition coefficient (Wildman–Crippen LogP) is 5.28. The third-order valence-electron chi connectivity index (χ3n) is 5.06. The van der Waals surface area contributed by atoms with Crippen LogP contribution in [0.25, 0.3) is 33.3 Å². The molecule has 0 aliphatic carbocycles. The fraction of sp³-hybridized carbons (Fsp3) is 0. The van der Waals surface area contributed by atoms with Crippen LogP contribution in [0.3, 0.4) is 0 Å². The fourth-order valence-electron chi connectivity index (χ4n) is 3.42. The van der Waals surface area contributed by atoms with E-state index in [2.05, 4.69) is 41.9 Å². The van der Waals surface area contributed by atoms with E-state index in [9.17, 15) is 14.7 Å². The Morgan fingerprint density at radius 3 is 2.52 bits per heavy atom. The topological polar surface area (TPSA) is 97.7 Å². The molecule has 162 valence electrons. The molecule has 5 aromatic rings. The molecule has 0 saturated heterocycles. The number of aromatic nitrogens is 2.